The lowest BCUT2D eigenvalue weighted by molar-refractivity contribution is -0.124. The lowest BCUT2D eigenvalue weighted by atomic mass is 9.91. The van der Waals surface area contributed by atoms with Gasteiger partial charge in [-0.3, -0.25) is 9.59 Å². The number of nitrogens with zero attached hydrogens (tertiary/aromatic N) is 2. The summed E-state index contributed by atoms with van der Waals surface area (Å²) >= 11 is 0. The molecule has 2 fully saturated rings. The maximum Gasteiger partial charge on any atom is 0.255 e. The van der Waals surface area contributed by atoms with E-state index in [1.165, 1.54) is 19.2 Å². The van der Waals surface area contributed by atoms with Gasteiger partial charge in [0.1, 0.15) is 29.9 Å². The topological polar surface area (TPSA) is 129 Å². The van der Waals surface area contributed by atoms with Crippen LogP contribution in [0.3, 0.4) is 0 Å². The number of aromatic nitrogens is 3. The van der Waals surface area contributed by atoms with Gasteiger partial charge >= 0.3 is 0 Å². The van der Waals surface area contributed by atoms with Crippen molar-refractivity contribution in [3.63, 3.8) is 0 Å². The van der Waals surface area contributed by atoms with E-state index in [-0.39, 0.29) is 23.9 Å². The number of aliphatic hydroxyl groups is 1. The third kappa shape index (κ3) is 5.21. The first-order valence-electron chi connectivity index (χ1n) is 12.7. The molecule has 2 aliphatic carbocycles. The van der Waals surface area contributed by atoms with Crippen molar-refractivity contribution >= 4 is 22.8 Å². The van der Waals surface area contributed by atoms with Crippen molar-refractivity contribution in [3.05, 3.63) is 41.3 Å². The molecule has 4 N–H and O–H groups in total. The minimum Gasteiger partial charge on any atom is -0.493 e. The van der Waals surface area contributed by atoms with Gasteiger partial charge in [0.25, 0.3) is 5.91 Å². The Hall–Kier alpha value is -3.46. The molecule has 1 aromatic carbocycles. The Labute approximate surface area is 210 Å². The predicted molar refractivity (Wildman–Crippen MR) is 136 cm³/mol. The largest absolute Gasteiger partial charge is 0.493 e. The highest BCUT2D eigenvalue weighted by Gasteiger charge is 2.27. The van der Waals surface area contributed by atoms with Crippen LogP contribution in [0, 0.1) is 19.8 Å². The Kier molecular flexibility index (Phi) is 6.91. The van der Waals surface area contributed by atoms with Crippen LogP contribution < -0.4 is 15.4 Å². The van der Waals surface area contributed by atoms with E-state index in [9.17, 15) is 9.59 Å². The van der Waals surface area contributed by atoms with E-state index in [0.29, 0.717) is 23.6 Å². The van der Waals surface area contributed by atoms with Gasteiger partial charge in [-0.15, -0.1) is 0 Å². The smallest absolute Gasteiger partial charge is 0.255 e. The fourth-order valence-electron chi connectivity index (χ4n) is 4.96. The number of H-pyrrole nitrogens is 1. The Bertz CT molecular complexity index is 1270. The normalized spacial score (nSPS) is 19.8. The second kappa shape index (κ2) is 10.3. The van der Waals surface area contributed by atoms with Gasteiger partial charge in [-0.25, -0.2) is 9.97 Å². The molecule has 190 valence electrons. The van der Waals surface area contributed by atoms with Gasteiger partial charge in [0.15, 0.2) is 0 Å². The van der Waals surface area contributed by atoms with Crippen molar-refractivity contribution in [1.29, 1.82) is 0 Å². The summed E-state index contributed by atoms with van der Waals surface area (Å²) in [6, 6.07) is 6.14. The molecule has 2 aliphatic rings. The maximum atomic E-state index is 13.3. The van der Waals surface area contributed by atoms with Gasteiger partial charge in [-0.1, -0.05) is 11.6 Å². The molecule has 0 spiro atoms. The molecular formula is C27H33N5O4. The van der Waals surface area contributed by atoms with Crippen molar-refractivity contribution in [3.8, 4) is 17.0 Å². The Morgan fingerprint density at radius 3 is 2.47 bits per heavy atom. The molecule has 0 atom stereocenters. The average Bonchev–Trinajstić information content (AvgIpc) is 3.63. The molecule has 36 heavy (non-hydrogen) atoms. The highest BCUT2D eigenvalue weighted by Crippen LogP contribution is 2.37. The second-order valence-corrected chi connectivity index (χ2v) is 10.1. The van der Waals surface area contributed by atoms with Crippen LogP contribution >= 0.6 is 0 Å². The fourth-order valence-corrected chi connectivity index (χ4v) is 4.96. The SMILES string of the molecule is Cc1ccc(OCC2CC2)c(-c2ncnc3c(C(=O)NC4CCC(NC(=O)CO)CC4)c(C)[nH]c23)c1. The van der Waals surface area contributed by atoms with E-state index in [1.807, 2.05) is 26.0 Å². The van der Waals surface area contributed by atoms with Crippen molar-refractivity contribution < 1.29 is 19.4 Å². The summed E-state index contributed by atoms with van der Waals surface area (Å²) in [6.45, 7) is 4.11. The number of aliphatic hydroxyl groups excluding tert-OH is 1. The van der Waals surface area contributed by atoms with Crippen LogP contribution in [0.15, 0.2) is 24.5 Å². The van der Waals surface area contributed by atoms with Crippen LogP contribution in [-0.2, 0) is 4.79 Å². The first-order chi connectivity index (χ1) is 17.4. The molecule has 0 bridgehead atoms. The number of carbonyl (C=O) groups is 2. The van der Waals surface area contributed by atoms with Gasteiger partial charge in [-0.2, -0.15) is 0 Å². The Morgan fingerprint density at radius 1 is 1.06 bits per heavy atom. The Morgan fingerprint density at radius 2 is 1.78 bits per heavy atom. The summed E-state index contributed by atoms with van der Waals surface area (Å²) in [4.78, 5) is 37.2. The minimum atomic E-state index is -0.503. The average molecular weight is 492 g/mol. The molecule has 9 nitrogen and oxygen atoms in total. The van der Waals surface area contributed by atoms with E-state index >= 15 is 0 Å². The second-order valence-electron chi connectivity index (χ2n) is 10.1. The van der Waals surface area contributed by atoms with Crippen molar-refractivity contribution in [2.45, 2.75) is 64.5 Å². The number of carbonyl (C=O) groups excluding carboxylic acids is 2. The van der Waals surface area contributed by atoms with Gasteiger partial charge in [0.05, 0.1) is 17.7 Å². The number of benzene rings is 1. The molecule has 0 saturated heterocycles. The first-order valence-corrected chi connectivity index (χ1v) is 12.7. The molecule has 0 radical (unpaired) electrons. The van der Waals surface area contributed by atoms with Gasteiger partial charge in [-0.05, 0) is 70.4 Å². The summed E-state index contributed by atoms with van der Waals surface area (Å²) in [5.41, 5.74) is 5.28. The van der Waals surface area contributed by atoms with Crippen molar-refractivity contribution in [2.75, 3.05) is 13.2 Å². The van der Waals surface area contributed by atoms with Crippen LogP contribution in [0.5, 0.6) is 5.75 Å². The first kappa shape index (κ1) is 24.2. The zero-order chi connectivity index (χ0) is 25.2. The summed E-state index contributed by atoms with van der Waals surface area (Å²) in [6.07, 6.45) is 6.96. The van der Waals surface area contributed by atoms with E-state index in [2.05, 4.69) is 31.7 Å². The number of hydrogen-bond donors (Lipinski definition) is 4. The standard InChI is InChI=1S/C27H33N5O4/c1-15-3-10-21(36-13-17-4-5-17)20(11-15)24-26-25(29-14-28-24)23(16(2)30-26)27(35)32-19-8-6-18(7-9-19)31-22(34)12-33/h3,10-11,14,17-19,30,33H,4-9,12-13H2,1-2H3,(H,31,34)(H,32,35). The van der Waals surface area contributed by atoms with Gasteiger partial charge in [0, 0.05) is 23.3 Å². The predicted octanol–water partition coefficient (Wildman–Crippen LogP) is 3.18. The van der Waals surface area contributed by atoms with E-state index in [1.54, 1.807) is 0 Å². The molecule has 2 aromatic heterocycles. The number of rotatable bonds is 8. The van der Waals surface area contributed by atoms with Gasteiger partial charge in [0.2, 0.25) is 5.91 Å². The highest BCUT2D eigenvalue weighted by molar-refractivity contribution is 6.09. The number of nitrogens with one attached hydrogen (secondary N) is 3. The molecule has 2 saturated carbocycles. The number of amides is 2. The molecular weight excluding hydrogens is 458 g/mol. The zero-order valence-electron chi connectivity index (χ0n) is 20.8. The van der Waals surface area contributed by atoms with E-state index in [0.717, 1.165) is 59.5 Å². The third-order valence-electron chi connectivity index (χ3n) is 7.13. The van der Waals surface area contributed by atoms with Crippen LogP contribution in [0.4, 0.5) is 0 Å². The zero-order valence-corrected chi connectivity index (χ0v) is 20.8. The molecule has 0 unspecified atom stereocenters. The number of hydrogen-bond acceptors (Lipinski definition) is 6. The summed E-state index contributed by atoms with van der Waals surface area (Å²) < 4.78 is 6.15. The number of aryl methyl sites for hydroxylation is 2. The quantitative estimate of drug-likeness (QED) is 0.383. The molecule has 0 aliphatic heterocycles. The number of ether oxygens (including phenoxy) is 1. The fraction of sp³-hybridized carbons (Fsp3) is 0.481. The van der Waals surface area contributed by atoms with Crippen LogP contribution in [0.1, 0.15) is 60.1 Å². The number of aromatic amines is 1. The molecule has 2 amide bonds. The summed E-state index contributed by atoms with van der Waals surface area (Å²) in [5, 5.41) is 14.9. The van der Waals surface area contributed by atoms with Gasteiger partial charge < -0.3 is 25.5 Å². The molecule has 3 aromatic rings. The van der Waals surface area contributed by atoms with E-state index in [4.69, 9.17) is 9.84 Å². The monoisotopic (exact) mass is 491 g/mol. The molecule has 9 heteroatoms. The highest BCUT2D eigenvalue weighted by atomic mass is 16.5. The molecule has 5 rings (SSSR count). The number of fused-ring (bicyclic) bond motifs is 1. The van der Waals surface area contributed by atoms with Crippen LogP contribution in [-0.4, -0.2) is 57.2 Å². The molecule has 2 heterocycles. The lowest BCUT2D eigenvalue weighted by Gasteiger charge is -2.29. The maximum absolute atomic E-state index is 13.3. The lowest BCUT2D eigenvalue weighted by Crippen LogP contribution is -2.44. The van der Waals surface area contributed by atoms with Crippen molar-refractivity contribution in [1.82, 2.24) is 25.6 Å². The minimum absolute atomic E-state index is 0.0182. The summed E-state index contributed by atoms with van der Waals surface area (Å²) in [5.74, 6) is 0.896. The van der Waals surface area contributed by atoms with Crippen LogP contribution in [0.25, 0.3) is 22.3 Å². The summed E-state index contributed by atoms with van der Waals surface area (Å²) in [7, 11) is 0. The van der Waals surface area contributed by atoms with Crippen LogP contribution in [0.2, 0.25) is 0 Å². The van der Waals surface area contributed by atoms with Crippen molar-refractivity contribution in [2.24, 2.45) is 5.92 Å². The van der Waals surface area contributed by atoms with E-state index < -0.39 is 6.61 Å². The third-order valence-corrected chi connectivity index (χ3v) is 7.13. The Balaban J connectivity index is 1.37.